The van der Waals surface area contributed by atoms with Crippen molar-refractivity contribution in [3.8, 4) is 22.3 Å². The minimum Gasteiger partial charge on any atom is -0.309 e. The highest BCUT2D eigenvalue weighted by atomic mass is 15.1. The predicted octanol–water partition coefficient (Wildman–Crippen LogP) is 15.5. The summed E-state index contributed by atoms with van der Waals surface area (Å²) >= 11 is 0. The van der Waals surface area contributed by atoms with E-state index in [1.165, 1.54) is 121 Å². The molecule has 0 amide bonds. The molecule has 9 aromatic carbocycles. The molecule has 0 aliphatic heterocycles. The number of fused-ring (bicyclic) bond motifs is 5. The maximum atomic E-state index is 2.58. The van der Waals surface area contributed by atoms with Gasteiger partial charge in [-0.2, -0.15) is 0 Å². The Hall–Kier alpha value is -6.70. The Morgan fingerprint density at radius 1 is 0.379 bits per heavy atom. The van der Waals surface area contributed by atoms with Gasteiger partial charge in [-0.15, -0.1) is 0 Å². The van der Waals surface area contributed by atoms with E-state index >= 15 is 0 Å². The molecule has 0 radical (unpaired) electrons. The first-order valence-corrected chi connectivity index (χ1v) is 21.1. The average molecular weight is 744 g/mol. The lowest BCUT2D eigenvalue weighted by Crippen LogP contribution is -2.28. The van der Waals surface area contributed by atoms with Crippen molar-refractivity contribution in [1.29, 1.82) is 0 Å². The van der Waals surface area contributed by atoms with E-state index in [0.29, 0.717) is 5.92 Å². The van der Waals surface area contributed by atoms with Crippen molar-refractivity contribution in [3.63, 3.8) is 0 Å². The Balaban J connectivity index is 1.24. The summed E-state index contributed by atoms with van der Waals surface area (Å²) in [5, 5.41) is 5.17. The Bertz CT molecular complexity index is 2890. The Morgan fingerprint density at radius 3 is 1.71 bits per heavy atom. The highest BCUT2D eigenvalue weighted by molar-refractivity contribution is 6.08. The van der Waals surface area contributed by atoms with Crippen LogP contribution >= 0.6 is 0 Å². The van der Waals surface area contributed by atoms with Gasteiger partial charge in [0, 0.05) is 16.5 Å². The molecule has 0 unspecified atom stereocenters. The van der Waals surface area contributed by atoms with Gasteiger partial charge in [-0.05, 0) is 92.1 Å². The first kappa shape index (κ1) is 34.5. The summed E-state index contributed by atoms with van der Waals surface area (Å²) in [6, 6.07) is 77.2. The monoisotopic (exact) mass is 743 g/mol. The fourth-order valence-electron chi connectivity index (χ4n) is 10.7. The van der Waals surface area contributed by atoms with Crippen LogP contribution in [0.2, 0.25) is 0 Å². The number of benzene rings is 9. The lowest BCUT2D eigenvalue weighted by atomic mass is 9.68. The van der Waals surface area contributed by atoms with E-state index in [-0.39, 0.29) is 0 Å². The second kappa shape index (κ2) is 14.4. The normalized spacial score (nSPS) is 14.6. The molecule has 11 rings (SSSR count). The van der Waals surface area contributed by atoms with Gasteiger partial charge < -0.3 is 4.90 Å². The van der Waals surface area contributed by atoms with E-state index in [0.717, 1.165) is 0 Å². The van der Waals surface area contributed by atoms with Crippen molar-refractivity contribution >= 4 is 38.6 Å². The van der Waals surface area contributed by atoms with Crippen LogP contribution in [0.1, 0.15) is 65.8 Å². The summed E-state index contributed by atoms with van der Waals surface area (Å²) in [6.07, 6.45) is 6.48. The number of hydrogen-bond donors (Lipinski definition) is 0. The van der Waals surface area contributed by atoms with Gasteiger partial charge in [-0.1, -0.05) is 207 Å². The summed E-state index contributed by atoms with van der Waals surface area (Å²) < 4.78 is 0. The quantitative estimate of drug-likeness (QED) is 0.157. The molecular formula is C57H45N. The van der Waals surface area contributed by atoms with Crippen LogP contribution in [0.25, 0.3) is 43.8 Å². The molecule has 0 bridgehead atoms. The zero-order valence-electron chi connectivity index (χ0n) is 32.7. The van der Waals surface area contributed by atoms with Crippen LogP contribution in [-0.2, 0) is 5.41 Å². The van der Waals surface area contributed by atoms with Crippen LogP contribution in [-0.4, -0.2) is 0 Å². The van der Waals surface area contributed by atoms with E-state index in [1.807, 2.05) is 0 Å². The van der Waals surface area contributed by atoms with E-state index in [4.69, 9.17) is 0 Å². The Labute approximate surface area is 341 Å². The molecule has 1 nitrogen and oxygen atoms in total. The molecule has 1 fully saturated rings. The highest BCUT2D eigenvalue weighted by Crippen LogP contribution is 2.60. The standard InChI is InChI=1S/C57H45N/c1-4-20-41(21-5-1)46-33-16-24-42-25-17-34-48(55(42)46)47-31-13-15-37-53(47)58(52-38-18-23-40-22-10-11-30-45(40)52)54-39-19-36-51-56(54)49-32-12-14-35-50(49)57(51,43-26-6-2-7-27-43)44-28-8-3-9-29-44/h2-3,6-19,22-39,41H,1,4-5,20-21H2. The molecule has 0 N–H and O–H groups in total. The van der Waals surface area contributed by atoms with Crippen molar-refractivity contribution in [2.24, 2.45) is 0 Å². The average Bonchev–Trinajstić information content (AvgIpc) is 3.61. The first-order chi connectivity index (χ1) is 28.8. The van der Waals surface area contributed by atoms with Gasteiger partial charge >= 0.3 is 0 Å². The molecule has 0 aromatic heterocycles. The molecule has 2 aliphatic rings. The smallest absolute Gasteiger partial charge is 0.0714 e. The molecule has 0 saturated heterocycles. The van der Waals surface area contributed by atoms with E-state index in [2.05, 4.69) is 211 Å². The van der Waals surface area contributed by atoms with Crippen LogP contribution in [0.4, 0.5) is 17.1 Å². The lowest BCUT2D eigenvalue weighted by Gasteiger charge is -2.35. The second-order valence-corrected chi connectivity index (χ2v) is 16.2. The molecule has 9 aromatic rings. The van der Waals surface area contributed by atoms with Crippen LogP contribution in [0.3, 0.4) is 0 Å². The highest BCUT2D eigenvalue weighted by Gasteiger charge is 2.47. The van der Waals surface area contributed by atoms with Crippen molar-refractivity contribution in [3.05, 3.63) is 234 Å². The third kappa shape index (κ3) is 5.37. The second-order valence-electron chi connectivity index (χ2n) is 16.2. The van der Waals surface area contributed by atoms with Crippen LogP contribution in [0.15, 0.2) is 206 Å². The van der Waals surface area contributed by atoms with Crippen molar-refractivity contribution < 1.29 is 0 Å². The van der Waals surface area contributed by atoms with E-state index in [9.17, 15) is 0 Å². The Morgan fingerprint density at radius 2 is 0.914 bits per heavy atom. The fraction of sp³-hybridized carbons (Fsp3) is 0.123. The number of para-hydroxylation sites is 1. The largest absolute Gasteiger partial charge is 0.309 e. The topological polar surface area (TPSA) is 3.24 Å². The van der Waals surface area contributed by atoms with Gasteiger partial charge in [-0.25, -0.2) is 0 Å². The predicted molar refractivity (Wildman–Crippen MR) is 245 cm³/mol. The van der Waals surface area contributed by atoms with Crippen molar-refractivity contribution in [2.45, 2.75) is 43.4 Å². The zero-order chi connectivity index (χ0) is 38.5. The number of hydrogen-bond acceptors (Lipinski definition) is 1. The van der Waals surface area contributed by atoms with Crippen LogP contribution in [0.5, 0.6) is 0 Å². The number of nitrogens with zero attached hydrogens (tertiary/aromatic N) is 1. The summed E-state index contributed by atoms with van der Waals surface area (Å²) in [4.78, 5) is 2.58. The number of anilines is 3. The van der Waals surface area contributed by atoms with Gasteiger partial charge in [0.05, 0.1) is 22.5 Å². The van der Waals surface area contributed by atoms with Crippen LogP contribution in [0, 0.1) is 0 Å². The van der Waals surface area contributed by atoms with Crippen molar-refractivity contribution in [1.82, 2.24) is 0 Å². The maximum absolute atomic E-state index is 2.58. The minimum absolute atomic E-state index is 0.501. The zero-order valence-corrected chi connectivity index (χ0v) is 32.7. The van der Waals surface area contributed by atoms with E-state index in [1.54, 1.807) is 0 Å². The van der Waals surface area contributed by atoms with Gasteiger partial charge in [0.25, 0.3) is 0 Å². The van der Waals surface area contributed by atoms with Gasteiger partial charge in [-0.3, -0.25) is 0 Å². The van der Waals surface area contributed by atoms with Gasteiger partial charge in [0.2, 0.25) is 0 Å². The summed E-state index contributed by atoms with van der Waals surface area (Å²) in [5.41, 5.74) is 14.8. The van der Waals surface area contributed by atoms with Crippen LogP contribution < -0.4 is 4.90 Å². The Kier molecular flexibility index (Phi) is 8.55. The minimum atomic E-state index is -0.501. The molecule has 0 heterocycles. The summed E-state index contributed by atoms with van der Waals surface area (Å²) in [7, 11) is 0. The van der Waals surface area contributed by atoms with E-state index < -0.39 is 5.41 Å². The fourth-order valence-corrected chi connectivity index (χ4v) is 10.7. The van der Waals surface area contributed by atoms with Gasteiger partial charge in [0.1, 0.15) is 0 Å². The molecule has 278 valence electrons. The summed E-state index contributed by atoms with van der Waals surface area (Å²) in [6.45, 7) is 0. The molecular weight excluding hydrogens is 699 g/mol. The first-order valence-electron chi connectivity index (χ1n) is 21.1. The van der Waals surface area contributed by atoms with Crippen molar-refractivity contribution in [2.75, 3.05) is 4.90 Å². The third-order valence-electron chi connectivity index (χ3n) is 13.1. The molecule has 0 atom stereocenters. The number of rotatable bonds is 7. The molecule has 1 heteroatoms. The molecule has 1 saturated carbocycles. The molecule has 58 heavy (non-hydrogen) atoms. The maximum Gasteiger partial charge on any atom is 0.0714 e. The lowest BCUT2D eigenvalue weighted by molar-refractivity contribution is 0.445. The summed E-state index contributed by atoms with van der Waals surface area (Å²) in [5.74, 6) is 0.581. The molecule has 2 aliphatic carbocycles. The van der Waals surface area contributed by atoms with Gasteiger partial charge in [0.15, 0.2) is 0 Å². The third-order valence-corrected chi connectivity index (χ3v) is 13.1. The SMILES string of the molecule is c1ccc(C2(c3ccccc3)c3ccccc3-c3c(N(c4ccccc4-c4cccc5cccc(C6CCCCC6)c45)c4cccc5ccccc45)cccc32)cc1. The molecule has 0 spiro atoms.